The van der Waals surface area contributed by atoms with Crippen molar-refractivity contribution >= 4 is 17.7 Å². The zero-order valence-corrected chi connectivity index (χ0v) is 13.9. The molecule has 0 radical (unpaired) electrons. The quantitative estimate of drug-likeness (QED) is 0.791. The summed E-state index contributed by atoms with van der Waals surface area (Å²) in [4.78, 5) is 13.9. The van der Waals surface area contributed by atoms with Crippen molar-refractivity contribution < 1.29 is 14.3 Å². The third-order valence-electron chi connectivity index (χ3n) is 3.57. The number of ether oxygens (including phenoxy) is 2. The van der Waals surface area contributed by atoms with Gasteiger partial charge in [0.1, 0.15) is 11.5 Å². The topological polar surface area (TPSA) is 38.8 Å². The van der Waals surface area contributed by atoms with Crippen molar-refractivity contribution in [3.05, 3.63) is 59.7 Å². The average Bonchev–Trinajstić information content (AvgIpc) is 2.58. The fraction of sp³-hybridized carbons (Fsp3) is 0.211. The van der Waals surface area contributed by atoms with E-state index in [1.165, 1.54) is 6.08 Å². The molecule has 0 N–H and O–H groups in total. The molecule has 120 valence electrons. The number of benzene rings is 2. The van der Waals surface area contributed by atoms with Crippen molar-refractivity contribution in [2.45, 2.75) is 6.92 Å². The van der Waals surface area contributed by atoms with Gasteiger partial charge in [-0.3, -0.25) is 4.79 Å². The zero-order chi connectivity index (χ0) is 16.8. The second-order valence-electron chi connectivity index (χ2n) is 5.18. The van der Waals surface area contributed by atoms with Gasteiger partial charge in [0, 0.05) is 30.4 Å². The van der Waals surface area contributed by atoms with Crippen molar-refractivity contribution in [2.24, 2.45) is 0 Å². The Balaban J connectivity index is 2.17. The number of carbonyl (C=O) groups excluding carboxylic acids is 1. The highest BCUT2D eigenvalue weighted by atomic mass is 16.5. The van der Waals surface area contributed by atoms with Crippen molar-refractivity contribution in [2.75, 3.05) is 26.2 Å². The Kier molecular flexibility index (Phi) is 5.41. The molecule has 0 fully saturated rings. The molecule has 0 aliphatic heterocycles. The molecular weight excluding hydrogens is 290 g/mol. The van der Waals surface area contributed by atoms with Crippen LogP contribution in [0.4, 0.5) is 5.69 Å². The van der Waals surface area contributed by atoms with E-state index in [0.29, 0.717) is 11.5 Å². The highest BCUT2D eigenvalue weighted by molar-refractivity contribution is 6.03. The monoisotopic (exact) mass is 311 g/mol. The van der Waals surface area contributed by atoms with Gasteiger partial charge in [-0.05, 0) is 42.8 Å². The van der Waals surface area contributed by atoms with Crippen LogP contribution in [-0.2, 0) is 4.79 Å². The highest BCUT2D eigenvalue weighted by Crippen LogP contribution is 2.25. The van der Waals surface area contributed by atoms with Gasteiger partial charge in [-0.25, -0.2) is 0 Å². The number of carbonyl (C=O) groups is 1. The van der Waals surface area contributed by atoms with Gasteiger partial charge in [-0.2, -0.15) is 0 Å². The fourth-order valence-corrected chi connectivity index (χ4v) is 2.19. The number of nitrogens with zero attached hydrogens (tertiary/aromatic N) is 1. The van der Waals surface area contributed by atoms with Gasteiger partial charge in [-0.15, -0.1) is 0 Å². The third-order valence-corrected chi connectivity index (χ3v) is 3.57. The maximum absolute atomic E-state index is 12.3. The molecule has 0 aromatic heterocycles. The Morgan fingerprint density at radius 1 is 1.09 bits per heavy atom. The average molecular weight is 311 g/mol. The third kappa shape index (κ3) is 4.13. The predicted octanol–water partition coefficient (Wildman–Crippen LogP) is 3.69. The molecule has 0 spiro atoms. The van der Waals surface area contributed by atoms with Gasteiger partial charge < -0.3 is 14.4 Å². The van der Waals surface area contributed by atoms with Crippen LogP contribution in [0.1, 0.15) is 11.1 Å². The first-order chi connectivity index (χ1) is 11.0. The minimum absolute atomic E-state index is 0.103. The summed E-state index contributed by atoms with van der Waals surface area (Å²) in [6, 6.07) is 13.3. The number of likely N-dealkylation sites (N-methyl/N-ethyl adjacent to an activating group) is 1. The van der Waals surface area contributed by atoms with Crippen LogP contribution in [0.3, 0.4) is 0 Å². The molecule has 23 heavy (non-hydrogen) atoms. The molecular formula is C19H21NO3. The molecule has 2 aromatic rings. The van der Waals surface area contributed by atoms with Crippen LogP contribution < -0.4 is 14.4 Å². The minimum atomic E-state index is -0.103. The summed E-state index contributed by atoms with van der Waals surface area (Å²) in [7, 11) is 4.95. The smallest absolute Gasteiger partial charge is 0.250 e. The first-order valence-electron chi connectivity index (χ1n) is 7.29. The van der Waals surface area contributed by atoms with Crippen LogP contribution in [0.5, 0.6) is 11.5 Å². The van der Waals surface area contributed by atoms with Gasteiger partial charge in [-0.1, -0.05) is 12.1 Å². The van der Waals surface area contributed by atoms with Crippen LogP contribution in [0, 0.1) is 6.92 Å². The Hall–Kier alpha value is -2.75. The highest BCUT2D eigenvalue weighted by Gasteiger charge is 2.08. The SMILES string of the molecule is COc1ccc(C=CC(=O)N(C)c2cccc(C)c2)c(OC)c1. The van der Waals surface area contributed by atoms with E-state index in [9.17, 15) is 4.79 Å². The number of hydrogen-bond acceptors (Lipinski definition) is 3. The number of methoxy groups -OCH3 is 2. The van der Waals surface area contributed by atoms with E-state index in [2.05, 4.69) is 0 Å². The fourth-order valence-electron chi connectivity index (χ4n) is 2.19. The molecule has 0 atom stereocenters. The van der Waals surface area contributed by atoms with E-state index >= 15 is 0 Å². The summed E-state index contributed by atoms with van der Waals surface area (Å²) in [5, 5.41) is 0. The lowest BCUT2D eigenvalue weighted by atomic mass is 10.1. The van der Waals surface area contributed by atoms with Gasteiger partial charge in [0.15, 0.2) is 0 Å². The Labute approximate surface area is 137 Å². The van der Waals surface area contributed by atoms with Crippen molar-refractivity contribution in [1.82, 2.24) is 0 Å². The maximum Gasteiger partial charge on any atom is 0.250 e. The predicted molar refractivity (Wildman–Crippen MR) is 93.2 cm³/mol. The summed E-state index contributed by atoms with van der Waals surface area (Å²) in [6.45, 7) is 2.00. The van der Waals surface area contributed by atoms with Crippen molar-refractivity contribution in [1.29, 1.82) is 0 Å². The molecule has 0 saturated heterocycles. The maximum atomic E-state index is 12.3. The van der Waals surface area contributed by atoms with Crippen LogP contribution in [0.15, 0.2) is 48.5 Å². The Bertz CT molecular complexity index is 722. The lowest BCUT2D eigenvalue weighted by molar-refractivity contribution is -0.113. The van der Waals surface area contributed by atoms with E-state index in [0.717, 1.165) is 16.8 Å². The second-order valence-corrected chi connectivity index (χ2v) is 5.18. The van der Waals surface area contributed by atoms with E-state index in [4.69, 9.17) is 9.47 Å². The van der Waals surface area contributed by atoms with Crippen molar-refractivity contribution in [3.8, 4) is 11.5 Å². The van der Waals surface area contributed by atoms with Crippen LogP contribution in [0.25, 0.3) is 6.08 Å². The van der Waals surface area contributed by atoms with Gasteiger partial charge in [0.25, 0.3) is 5.91 Å². The van der Waals surface area contributed by atoms with Gasteiger partial charge in [0.2, 0.25) is 0 Å². The lowest BCUT2D eigenvalue weighted by Gasteiger charge is -2.15. The van der Waals surface area contributed by atoms with Crippen LogP contribution in [-0.4, -0.2) is 27.2 Å². The number of anilines is 1. The molecule has 0 saturated carbocycles. The first kappa shape index (κ1) is 16.6. The molecule has 4 nitrogen and oxygen atoms in total. The van der Waals surface area contributed by atoms with E-state index < -0.39 is 0 Å². The largest absolute Gasteiger partial charge is 0.497 e. The van der Waals surface area contributed by atoms with Crippen molar-refractivity contribution in [3.63, 3.8) is 0 Å². The minimum Gasteiger partial charge on any atom is -0.497 e. The first-order valence-corrected chi connectivity index (χ1v) is 7.29. The Morgan fingerprint density at radius 3 is 2.52 bits per heavy atom. The molecule has 4 heteroatoms. The molecule has 0 heterocycles. The second kappa shape index (κ2) is 7.49. The number of aryl methyl sites for hydroxylation is 1. The molecule has 0 bridgehead atoms. The molecule has 0 unspecified atom stereocenters. The lowest BCUT2D eigenvalue weighted by Crippen LogP contribution is -2.23. The molecule has 2 aromatic carbocycles. The van der Waals surface area contributed by atoms with E-state index in [-0.39, 0.29) is 5.91 Å². The van der Waals surface area contributed by atoms with Crippen LogP contribution >= 0.6 is 0 Å². The summed E-state index contributed by atoms with van der Waals surface area (Å²) < 4.78 is 10.5. The number of amides is 1. The summed E-state index contributed by atoms with van der Waals surface area (Å²) in [5.74, 6) is 1.27. The standard InChI is InChI=1S/C19H21NO3/c1-14-6-5-7-16(12-14)20(2)19(21)11-9-15-8-10-17(22-3)13-18(15)23-4/h5-13H,1-4H3. The summed E-state index contributed by atoms with van der Waals surface area (Å²) in [6.07, 6.45) is 3.28. The molecule has 2 rings (SSSR count). The van der Waals surface area contributed by atoms with Crippen LogP contribution in [0.2, 0.25) is 0 Å². The molecule has 1 amide bonds. The molecule has 0 aliphatic rings. The number of hydrogen-bond donors (Lipinski definition) is 0. The van der Waals surface area contributed by atoms with E-state index in [1.54, 1.807) is 38.3 Å². The van der Waals surface area contributed by atoms with E-state index in [1.807, 2.05) is 43.3 Å². The molecule has 0 aliphatic carbocycles. The number of rotatable bonds is 5. The normalized spacial score (nSPS) is 10.6. The zero-order valence-electron chi connectivity index (χ0n) is 13.9. The van der Waals surface area contributed by atoms with Gasteiger partial charge >= 0.3 is 0 Å². The summed E-state index contributed by atoms with van der Waals surface area (Å²) in [5.41, 5.74) is 2.79. The Morgan fingerprint density at radius 2 is 1.87 bits per heavy atom. The summed E-state index contributed by atoms with van der Waals surface area (Å²) >= 11 is 0. The van der Waals surface area contributed by atoms with Gasteiger partial charge in [0.05, 0.1) is 14.2 Å².